The van der Waals surface area contributed by atoms with Crippen LogP contribution >= 0.6 is 0 Å². The van der Waals surface area contributed by atoms with Gasteiger partial charge in [-0.1, -0.05) is 6.92 Å². The van der Waals surface area contributed by atoms with Gasteiger partial charge in [-0.2, -0.15) is 4.98 Å². The van der Waals surface area contributed by atoms with Gasteiger partial charge in [0.2, 0.25) is 5.95 Å². The molecule has 1 aliphatic rings. The number of benzene rings is 1. The van der Waals surface area contributed by atoms with Crippen molar-refractivity contribution in [3.63, 3.8) is 0 Å². The Bertz CT molecular complexity index is 1160. The minimum Gasteiger partial charge on any atom is -0.497 e. The van der Waals surface area contributed by atoms with Gasteiger partial charge in [-0.25, -0.2) is 4.79 Å². The Hall–Kier alpha value is -3.07. The molecule has 0 spiro atoms. The molecule has 0 saturated carbocycles. The number of methoxy groups -OCH3 is 2. The van der Waals surface area contributed by atoms with Crippen LogP contribution in [0.25, 0.3) is 11.2 Å². The second-order valence-corrected chi connectivity index (χ2v) is 7.40. The largest absolute Gasteiger partial charge is 0.497 e. The number of fused-ring (bicyclic) bond motifs is 3. The van der Waals surface area contributed by atoms with Crippen LogP contribution in [0, 0.1) is 5.92 Å². The molecule has 1 atom stereocenters. The lowest BCUT2D eigenvalue weighted by Gasteiger charge is -2.33. The molecule has 9 nitrogen and oxygen atoms in total. The van der Waals surface area contributed by atoms with Gasteiger partial charge in [0.15, 0.2) is 11.2 Å². The normalized spacial score (nSPS) is 16.3. The van der Waals surface area contributed by atoms with E-state index in [0.29, 0.717) is 29.6 Å². The van der Waals surface area contributed by atoms with Crippen LogP contribution in [0.5, 0.6) is 5.75 Å². The molecule has 4 rings (SSSR count). The quantitative estimate of drug-likeness (QED) is 0.644. The van der Waals surface area contributed by atoms with Gasteiger partial charge in [0.1, 0.15) is 5.75 Å². The Balaban J connectivity index is 1.93. The predicted octanol–water partition coefficient (Wildman–Crippen LogP) is 1.34. The molecule has 0 aliphatic carbocycles. The van der Waals surface area contributed by atoms with Gasteiger partial charge in [-0.15, -0.1) is 0 Å². The van der Waals surface area contributed by atoms with Crippen LogP contribution < -0.4 is 20.9 Å². The molecule has 1 unspecified atom stereocenters. The second-order valence-electron chi connectivity index (χ2n) is 7.40. The molecule has 0 N–H and O–H groups in total. The number of aryl methyl sites for hydroxylation is 1. The summed E-state index contributed by atoms with van der Waals surface area (Å²) < 4.78 is 14.9. The number of hydrogen-bond acceptors (Lipinski definition) is 6. The summed E-state index contributed by atoms with van der Waals surface area (Å²) in [6, 6.07) is 7.73. The molecule has 0 amide bonds. The van der Waals surface area contributed by atoms with Gasteiger partial charge in [0.05, 0.1) is 20.3 Å². The van der Waals surface area contributed by atoms with Crippen molar-refractivity contribution in [1.82, 2.24) is 18.7 Å². The van der Waals surface area contributed by atoms with Crippen LogP contribution in [-0.2, 0) is 24.9 Å². The van der Waals surface area contributed by atoms with Crippen LogP contribution in [0.3, 0.4) is 0 Å². The average molecular weight is 399 g/mol. The number of imidazole rings is 1. The SMILES string of the molecule is COCCn1c(=O)c2c(nc3n2CC(C)CN3c2ccc(OC)cc2)n(C)c1=O. The van der Waals surface area contributed by atoms with E-state index in [2.05, 4.69) is 11.8 Å². The van der Waals surface area contributed by atoms with Gasteiger partial charge < -0.3 is 18.9 Å². The monoisotopic (exact) mass is 399 g/mol. The predicted molar refractivity (Wildman–Crippen MR) is 110 cm³/mol. The fourth-order valence-corrected chi connectivity index (χ4v) is 3.86. The number of ether oxygens (including phenoxy) is 2. The van der Waals surface area contributed by atoms with Gasteiger partial charge in [0.25, 0.3) is 5.56 Å². The van der Waals surface area contributed by atoms with E-state index in [9.17, 15) is 9.59 Å². The van der Waals surface area contributed by atoms with E-state index < -0.39 is 0 Å². The highest BCUT2D eigenvalue weighted by atomic mass is 16.5. The first kappa shape index (κ1) is 19.3. The zero-order valence-corrected chi connectivity index (χ0v) is 17.1. The molecular weight excluding hydrogens is 374 g/mol. The topological polar surface area (TPSA) is 83.5 Å². The minimum atomic E-state index is -0.390. The smallest absolute Gasteiger partial charge is 0.332 e. The first-order chi connectivity index (χ1) is 14.0. The Morgan fingerprint density at radius 1 is 1.14 bits per heavy atom. The highest BCUT2D eigenvalue weighted by molar-refractivity contribution is 5.77. The molecule has 29 heavy (non-hydrogen) atoms. The van der Waals surface area contributed by atoms with Crippen molar-refractivity contribution < 1.29 is 9.47 Å². The lowest BCUT2D eigenvalue weighted by Crippen LogP contribution is -2.41. The minimum absolute atomic E-state index is 0.205. The number of hydrogen-bond donors (Lipinski definition) is 0. The van der Waals surface area contributed by atoms with Gasteiger partial charge in [-0.05, 0) is 30.2 Å². The molecule has 1 aliphatic heterocycles. The third-order valence-corrected chi connectivity index (χ3v) is 5.35. The number of anilines is 2. The fourth-order valence-electron chi connectivity index (χ4n) is 3.86. The summed E-state index contributed by atoms with van der Waals surface area (Å²) in [6.45, 7) is 4.06. The summed E-state index contributed by atoms with van der Waals surface area (Å²) in [6.07, 6.45) is 0. The Kier molecular flexibility index (Phi) is 4.91. The summed E-state index contributed by atoms with van der Waals surface area (Å²) in [5.41, 5.74) is 1.08. The zero-order valence-electron chi connectivity index (χ0n) is 17.1. The third-order valence-electron chi connectivity index (χ3n) is 5.35. The number of rotatable bonds is 5. The van der Waals surface area contributed by atoms with E-state index in [-0.39, 0.29) is 24.4 Å². The maximum absolute atomic E-state index is 13.2. The average Bonchev–Trinajstić information content (AvgIpc) is 3.11. The van der Waals surface area contributed by atoms with E-state index in [0.717, 1.165) is 18.0 Å². The molecule has 3 aromatic rings. The zero-order chi connectivity index (χ0) is 20.7. The molecule has 0 saturated heterocycles. The Morgan fingerprint density at radius 3 is 2.52 bits per heavy atom. The Morgan fingerprint density at radius 2 is 1.86 bits per heavy atom. The maximum atomic E-state index is 13.2. The Labute approximate surface area is 167 Å². The second kappa shape index (κ2) is 7.40. The molecule has 0 fully saturated rings. The molecule has 0 radical (unpaired) electrons. The fraction of sp³-hybridized carbons (Fsp3) is 0.450. The number of nitrogens with zero attached hydrogens (tertiary/aromatic N) is 5. The van der Waals surface area contributed by atoms with Crippen LogP contribution in [0.1, 0.15) is 6.92 Å². The van der Waals surface area contributed by atoms with E-state index >= 15 is 0 Å². The van der Waals surface area contributed by atoms with Crippen molar-refractivity contribution in [3.8, 4) is 5.75 Å². The third kappa shape index (κ3) is 3.11. The maximum Gasteiger partial charge on any atom is 0.332 e. The molecule has 0 bridgehead atoms. The van der Waals surface area contributed by atoms with Crippen LogP contribution in [0.4, 0.5) is 11.6 Å². The highest BCUT2D eigenvalue weighted by Gasteiger charge is 2.29. The first-order valence-corrected chi connectivity index (χ1v) is 9.56. The lowest BCUT2D eigenvalue weighted by molar-refractivity contribution is 0.184. The number of aromatic nitrogens is 4. The summed E-state index contributed by atoms with van der Waals surface area (Å²) in [5, 5.41) is 0. The van der Waals surface area contributed by atoms with Crippen molar-refractivity contribution >= 4 is 22.8 Å². The van der Waals surface area contributed by atoms with E-state index in [1.165, 1.54) is 9.13 Å². The first-order valence-electron chi connectivity index (χ1n) is 9.56. The molecular formula is C20H25N5O4. The standard InChI is InChI=1S/C20H25N5O4/c1-13-11-24(14-5-7-15(29-4)8-6-14)19-21-17-16(25(19)12-13)18(26)23(9-10-28-3)20(27)22(17)2/h5-8,13H,9-12H2,1-4H3. The summed E-state index contributed by atoms with van der Waals surface area (Å²) in [7, 11) is 4.82. The summed E-state index contributed by atoms with van der Waals surface area (Å²) in [5.74, 6) is 1.74. The van der Waals surface area contributed by atoms with Gasteiger partial charge in [0, 0.05) is 32.9 Å². The van der Waals surface area contributed by atoms with Crippen LogP contribution in [0.15, 0.2) is 33.9 Å². The molecule has 2 aromatic heterocycles. The molecule has 9 heteroatoms. The van der Waals surface area contributed by atoms with E-state index in [4.69, 9.17) is 14.5 Å². The molecule has 3 heterocycles. The van der Waals surface area contributed by atoms with Crippen molar-refractivity contribution in [2.24, 2.45) is 13.0 Å². The summed E-state index contributed by atoms with van der Waals surface area (Å²) in [4.78, 5) is 32.7. The van der Waals surface area contributed by atoms with Crippen LogP contribution in [0.2, 0.25) is 0 Å². The van der Waals surface area contributed by atoms with E-state index in [1.807, 2.05) is 28.8 Å². The molecule has 154 valence electrons. The summed E-state index contributed by atoms with van der Waals surface area (Å²) >= 11 is 0. The van der Waals surface area contributed by atoms with Gasteiger partial charge >= 0.3 is 5.69 Å². The van der Waals surface area contributed by atoms with Gasteiger partial charge in [-0.3, -0.25) is 13.9 Å². The molecule has 1 aromatic carbocycles. The van der Waals surface area contributed by atoms with E-state index in [1.54, 1.807) is 21.3 Å². The lowest BCUT2D eigenvalue weighted by atomic mass is 10.1. The van der Waals surface area contributed by atoms with Crippen molar-refractivity contribution in [2.45, 2.75) is 20.0 Å². The highest BCUT2D eigenvalue weighted by Crippen LogP contribution is 2.33. The van der Waals surface area contributed by atoms with Crippen molar-refractivity contribution in [1.29, 1.82) is 0 Å². The van der Waals surface area contributed by atoms with Crippen LogP contribution in [-0.4, -0.2) is 46.1 Å². The van der Waals surface area contributed by atoms with Crippen molar-refractivity contribution in [3.05, 3.63) is 45.1 Å². The van der Waals surface area contributed by atoms with Crippen molar-refractivity contribution in [2.75, 3.05) is 32.3 Å².